The zero-order valence-corrected chi connectivity index (χ0v) is 16.3. The van der Waals surface area contributed by atoms with Crippen LogP contribution in [0.5, 0.6) is 0 Å². The van der Waals surface area contributed by atoms with Crippen LogP contribution in [0.15, 0.2) is 48.5 Å². The van der Waals surface area contributed by atoms with Gasteiger partial charge in [-0.15, -0.1) is 0 Å². The molecule has 0 atom stereocenters. The van der Waals surface area contributed by atoms with Crippen molar-refractivity contribution >= 4 is 29.2 Å². The van der Waals surface area contributed by atoms with Crippen molar-refractivity contribution in [3.05, 3.63) is 59.7 Å². The second-order valence-electron chi connectivity index (χ2n) is 6.62. The Balaban J connectivity index is 1.93. The fourth-order valence-electron chi connectivity index (χ4n) is 2.40. The smallest absolute Gasteiger partial charge is 0.315 e. The van der Waals surface area contributed by atoms with E-state index in [9.17, 15) is 14.4 Å². The van der Waals surface area contributed by atoms with Gasteiger partial charge in [-0.2, -0.15) is 0 Å². The largest absolute Gasteiger partial charge is 0.336 e. The minimum Gasteiger partial charge on any atom is -0.336 e. The molecule has 28 heavy (non-hydrogen) atoms. The van der Waals surface area contributed by atoms with E-state index in [2.05, 4.69) is 21.3 Å². The maximum absolute atomic E-state index is 12.4. The first-order valence-electron chi connectivity index (χ1n) is 9.22. The Bertz CT molecular complexity index is 832. The van der Waals surface area contributed by atoms with E-state index in [1.165, 1.54) is 0 Å². The van der Waals surface area contributed by atoms with Gasteiger partial charge in [-0.1, -0.05) is 25.1 Å². The molecule has 0 radical (unpaired) electrons. The number of carbonyl (C=O) groups excluding carboxylic acids is 3. The molecule has 0 aliphatic heterocycles. The van der Waals surface area contributed by atoms with E-state index < -0.39 is 0 Å². The molecule has 2 aromatic rings. The molecule has 7 nitrogen and oxygen atoms in total. The second kappa shape index (κ2) is 10.1. The molecule has 4 N–H and O–H groups in total. The molecule has 0 heterocycles. The summed E-state index contributed by atoms with van der Waals surface area (Å²) in [6.07, 6.45) is 0.386. The van der Waals surface area contributed by atoms with E-state index in [4.69, 9.17) is 0 Å². The molecule has 0 aliphatic carbocycles. The first-order valence-corrected chi connectivity index (χ1v) is 9.22. The lowest BCUT2D eigenvalue weighted by atomic mass is 10.1. The van der Waals surface area contributed by atoms with Gasteiger partial charge in [0.1, 0.15) is 0 Å². The third-order valence-corrected chi connectivity index (χ3v) is 3.81. The van der Waals surface area contributed by atoms with E-state index in [0.717, 1.165) is 5.56 Å². The standard InChI is InChI=1S/C21H26N4O3/c1-4-19(26)24-17-6-5-7-18(12-17)25-20(27)16-10-8-15(9-11-16)13-22-21(28)23-14(2)3/h5-12,14H,4,13H2,1-3H3,(H,24,26)(H,25,27)(H2,22,23,28). The summed E-state index contributed by atoms with van der Waals surface area (Å²) < 4.78 is 0. The average Bonchev–Trinajstić information content (AvgIpc) is 2.66. The molecular weight excluding hydrogens is 356 g/mol. The van der Waals surface area contributed by atoms with Crippen LogP contribution in [0.2, 0.25) is 0 Å². The van der Waals surface area contributed by atoms with Crippen LogP contribution < -0.4 is 21.3 Å². The van der Waals surface area contributed by atoms with Crippen molar-refractivity contribution in [2.45, 2.75) is 39.8 Å². The summed E-state index contributed by atoms with van der Waals surface area (Å²) >= 11 is 0. The van der Waals surface area contributed by atoms with Gasteiger partial charge in [-0.05, 0) is 49.7 Å². The number of rotatable bonds is 7. The third kappa shape index (κ3) is 6.75. The maximum atomic E-state index is 12.4. The topological polar surface area (TPSA) is 99.3 Å². The fourth-order valence-corrected chi connectivity index (χ4v) is 2.40. The molecule has 7 heteroatoms. The van der Waals surface area contributed by atoms with Crippen LogP contribution in [0.4, 0.5) is 16.2 Å². The van der Waals surface area contributed by atoms with Gasteiger partial charge >= 0.3 is 6.03 Å². The van der Waals surface area contributed by atoms with Crippen molar-refractivity contribution in [3.63, 3.8) is 0 Å². The molecule has 148 valence electrons. The number of hydrogen-bond acceptors (Lipinski definition) is 3. The SMILES string of the molecule is CCC(=O)Nc1cccc(NC(=O)c2ccc(CNC(=O)NC(C)C)cc2)c1. The Hall–Kier alpha value is -3.35. The van der Waals surface area contributed by atoms with Crippen molar-refractivity contribution in [2.24, 2.45) is 0 Å². The summed E-state index contributed by atoms with van der Waals surface area (Å²) in [5.74, 6) is -0.342. The maximum Gasteiger partial charge on any atom is 0.315 e. The Morgan fingerprint density at radius 1 is 0.929 bits per heavy atom. The van der Waals surface area contributed by atoms with Crippen LogP contribution in [0.3, 0.4) is 0 Å². The number of hydrogen-bond donors (Lipinski definition) is 4. The molecule has 2 aromatic carbocycles. The minimum absolute atomic E-state index is 0.0693. The lowest BCUT2D eigenvalue weighted by molar-refractivity contribution is -0.115. The van der Waals surface area contributed by atoms with E-state index in [1.807, 2.05) is 13.8 Å². The van der Waals surface area contributed by atoms with Gasteiger partial charge in [0.15, 0.2) is 0 Å². The van der Waals surface area contributed by atoms with Crippen LogP contribution >= 0.6 is 0 Å². The monoisotopic (exact) mass is 382 g/mol. The average molecular weight is 382 g/mol. The van der Waals surface area contributed by atoms with E-state index in [1.54, 1.807) is 55.5 Å². The highest BCUT2D eigenvalue weighted by molar-refractivity contribution is 6.04. The van der Waals surface area contributed by atoms with Gasteiger partial charge in [0.2, 0.25) is 5.91 Å². The lowest BCUT2D eigenvalue weighted by Crippen LogP contribution is -2.39. The molecule has 4 amide bonds. The number of urea groups is 1. The fraction of sp³-hybridized carbons (Fsp3) is 0.286. The van der Waals surface area contributed by atoms with Gasteiger partial charge < -0.3 is 21.3 Å². The molecule has 0 spiro atoms. The van der Waals surface area contributed by atoms with E-state index in [-0.39, 0.29) is 23.9 Å². The summed E-state index contributed by atoms with van der Waals surface area (Å²) in [7, 11) is 0. The lowest BCUT2D eigenvalue weighted by Gasteiger charge is -2.11. The summed E-state index contributed by atoms with van der Waals surface area (Å²) in [6.45, 7) is 5.93. The highest BCUT2D eigenvalue weighted by Gasteiger charge is 2.08. The van der Waals surface area contributed by atoms with Crippen molar-refractivity contribution in [3.8, 4) is 0 Å². The second-order valence-corrected chi connectivity index (χ2v) is 6.62. The van der Waals surface area contributed by atoms with Crippen molar-refractivity contribution in [1.29, 1.82) is 0 Å². The zero-order valence-electron chi connectivity index (χ0n) is 16.3. The zero-order chi connectivity index (χ0) is 20.5. The van der Waals surface area contributed by atoms with Gasteiger partial charge in [-0.25, -0.2) is 4.79 Å². The van der Waals surface area contributed by atoms with E-state index in [0.29, 0.717) is 29.9 Å². The molecule has 2 rings (SSSR count). The summed E-state index contributed by atoms with van der Waals surface area (Å²) in [5.41, 5.74) is 2.61. The predicted molar refractivity (Wildman–Crippen MR) is 110 cm³/mol. The summed E-state index contributed by atoms with van der Waals surface area (Å²) in [6, 6.07) is 13.8. The number of amides is 4. The Morgan fingerprint density at radius 2 is 1.57 bits per heavy atom. The number of carbonyl (C=O) groups is 3. The summed E-state index contributed by atoms with van der Waals surface area (Å²) in [5, 5.41) is 11.1. The molecule has 0 fully saturated rings. The Morgan fingerprint density at radius 3 is 2.18 bits per heavy atom. The van der Waals surface area contributed by atoms with Crippen LogP contribution in [0.1, 0.15) is 43.1 Å². The van der Waals surface area contributed by atoms with Crippen LogP contribution in [-0.2, 0) is 11.3 Å². The van der Waals surface area contributed by atoms with E-state index >= 15 is 0 Å². The highest BCUT2D eigenvalue weighted by Crippen LogP contribution is 2.16. The molecule has 0 aromatic heterocycles. The Labute approximate surface area is 164 Å². The molecule has 0 unspecified atom stereocenters. The van der Waals surface area contributed by atoms with Crippen molar-refractivity contribution in [2.75, 3.05) is 10.6 Å². The molecule has 0 saturated carbocycles. The predicted octanol–water partition coefficient (Wildman–Crippen LogP) is 3.50. The normalized spacial score (nSPS) is 10.3. The first kappa shape index (κ1) is 21.0. The molecule has 0 saturated heterocycles. The Kier molecular flexibility index (Phi) is 7.56. The quantitative estimate of drug-likeness (QED) is 0.590. The molecular formula is C21H26N4O3. The van der Waals surface area contributed by atoms with Gasteiger partial charge in [0.05, 0.1) is 0 Å². The van der Waals surface area contributed by atoms with Gasteiger partial charge in [0.25, 0.3) is 5.91 Å². The van der Waals surface area contributed by atoms with Crippen LogP contribution in [0.25, 0.3) is 0 Å². The number of anilines is 2. The van der Waals surface area contributed by atoms with Crippen LogP contribution in [-0.4, -0.2) is 23.9 Å². The molecule has 0 bridgehead atoms. The summed E-state index contributed by atoms with van der Waals surface area (Å²) in [4.78, 5) is 35.5. The molecule has 0 aliphatic rings. The van der Waals surface area contributed by atoms with Crippen molar-refractivity contribution in [1.82, 2.24) is 10.6 Å². The third-order valence-electron chi connectivity index (χ3n) is 3.81. The van der Waals surface area contributed by atoms with Crippen LogP contribution in [0, 0.1) is 0 Å². The van der Waals surface area contributed by atoms with Crippen molar-refractivity contribution < 1.29 is 14.4 Å². The number of benzene rings is 2. The minimum atomic E-state index is -0.254. The number of nitrogens with one attached hydrogen (secondary N) is 4. The first-order chi connectivity index (χ1) is 13.4. The highest BCUT2D eigenvalue weighted by atomic mass is 16.2. The van der Waals surface area contributed by atoms with Gasteiger partial charge in [0, 0.05) is 35.9 Å². The van der Waals surface area contributed by atoms with Gasteiger partial charge in [-0.3, -0.25) is 9.59 Å².